The predicted molar refractivity (Wildman–Crippen MR) is 94.6 cm³/mol. The molecule has 4 nitrogen and oxygen atoms in total. The van der Waals surface area contributed by atoms with Crippen molar-refractivity contribution in [2.75, 3.05) is 19.6 Å². The number of amides is 2. The van der Waals surface area contributed by atoms with Crippen molar-refractivity contribution < 1.29 is 9.59 Å². The molecule has 0 saturated carbocycles. The third kappa shape index (κ3) is 3.33. The van der Waals surface area contributed by atoms with E-state index in [1.165, 1.54) is 16.7 Å². The van der Waals surface area contributed by atoms with Gasteiger partial charge < -0.3 is 9.80 Å². The first-order valence-electron chi connectivity index (χ1n) is 9.12. The van der Waals surface area contributed by atoms with Crippen molar-refractivity contribution in [1.82, 2.24) is 9.80 Å². The lowest BCUT2D eigenvalue weighted by molar-refractivity contribution is -0.140. The Hall–Kier alpha value is -1.84. The molecule has 2 aliphatic rings. The third-order valence-electron chi connectivity index (χ3n) is 5.45. The van der Waals surface area contributed by atoms with E-state index in [0.717, 1.165) is 32.4 Å². The first kappa shape index (κ1) is 17.0. The van der Waals surface area contributed by atoms with Crippen LogP contribution >= 0.6 is 0 Å². The summed E-state index contributed by atoms with van der Waals surface area (Å²) in [5.74, 6) is 0.793. The SMILES string of the molecule is CC(=O)N1CCC[C@H](C(=O)N2CCc3c(cccc3C(C)C)C2)C1. The number of piperidine rings is 1. The molecule has 4 heteroatoms. The Labute approximate surface area is 144 Å². The van der Waals surface area contributed by atoms with Crippen LogP contribution in [0.1, 0.15) is 56.2 Å². The molecule has 1 fully saturated rings. The average Bonchev–Trinajstić information content (AvgIpc) is 2.60. The second-order valence-electron chi connectivity index (χ2n) is 7.45. The van der Waals surface area contributed by atoms with Crippen molar-refractivity contribution in [1.29, 1.82) is 0 Å². The van der Waals surface area contributed by atoms with Gasteiger partial charge in [0, 0.05) is 33.1 Å². The summed E-state index contributed by atoms with van der Waals surface area (Å²) in [6.07, 6.45) is 2.77. The Morgan fingerprint density at radius 3 is 2.67 bits per heavy atom. The van der Waals surface area contributed by atoms with E-state index in [4.69, 9.17) is 0 Å². The normalized spacial score (nSPS) is 20.9. The van der Waals surface area contributed by atoms with Crippen LogP contribution in [0, 0.1) is 5.92 Å². The van der Waals surface area contributed by atoms with Gasteiger partial charge in [0.2, 0.25) is 11.8 Å². The third-order valence-corrected chi connectivity index (χ3v) is 5.45. The van der Waals surface area contributed by atoms with Gasteiger partial charge in [0.1, 0.15) is 0 Å². The molecular weight excluding hydrogens is 300 g/mol. The molecule has 24 heavy (non-hydrogen) atoms. The lowest BCUT2D eigenvalue weighted by Crippen LogP contribution is -2.47. The maximum absolute atomic E-state index is 12.9. The number of nitrogens with zero attached hydrogens (tertiary/aromatic N) is 2. The molecule has 1 saturated heterocycles. The summed E-state index contributed by atoms with van der Waals surface area (Å²) in [7, 11) is 0. The summed E-state index contributed by atoms with van der Waals surface area (Å²) < 4.78 is 0. The highest BCUT2D eigenvalue weighted by Crippen LogP contribution is 2.29. The molecule has 0 N–H and O–H groups in total. The first-order valence-corrected chi connectivity index (χ1v) is 9.12. The number of hydrogen-bond donors (Lipinski definition) is 0. The molecule has 2 amide bonds. The lowest BCUT2D eigenvalue weighted by atomic mass is 9.88. The van der Waals surface area contributed by atoms with E-state index in [2.05, 4.69) is 32.0 Å². The Bertz CT molecular complexity index is 639. The number of rotatable bonds is 2. The van der Waals surface area contributed by atoms with Gasteiger partial charge in [0.15, 0.2) is 0 Å². The van der Waals surface area contributed by atoms with Crippen LogP contribution in [0.2, 0.25) is 0 Å². The molecule has 0 aliphatic carbocycles. The van der Waals surface area contributed by atoms with Crippen molar-refractivity contribution >= 4 is 11.8 Å². The number of benzene rings is 1. The Balaban J connectivity index is 1.72. The number of carbonyl (C=O) groups is 2. The molecule has 1 aromatic carbocycles. The summed E-state index contributed by atoms with van der Waals surface area (Å²) >= 11 is 0. The van der Waals surface area contributed by atoms with Gasteiger partial charge in [-0.3, -0.25) is 9.59 Å². The molecule has 130 valence electrons. The summed E-state index contributed by atoms with van der Waals surface area (Å²) in [5, 5.41) is 0. The van der Waals surface area contributed by atoms with E-state index < -0.39 is 0 Å². The minimum absolute atomic E-state index is 0.0301. The smallest absolute Gasteiger partial charge is 0.227 e. The number of carbonyl (C=O) groups excluding carboxylic acids is 2. The van der Waals surface area contributed by atoms with Gasteiger partial charge in [-0.2, -0.15) is 0 Å². The molecule has 0 aromatic heterocycles. The zero-order valence-corrected chi connectivity index (χ0v) is 15.0. The van der Waals surface area contributed by atoms with Crippen molar-refractivity contribution in [3.63, 3.8) is 0 Å². The van der Waals surface area contributed by atoms with E-state index in [1.54, 1.807) is 6.92 Å². The molecule has 0 radical (unpaired) electrons. The number of fused-ring (bicyclic) bond motifs is 1. The highest BCUT2D eigenvalue weighted by atomic mass is 16.2. The Kier molecular flexibility index (Phi) is 4.93. The second kappa shape index (κ2) is 6.96. The quantitative estimate of drug-likeness (QED) is 0.837. The van der Waals surface area contributed by atoms with E-state index in [9.17, 15) is 9.59 Å². The zero-order chi connectivity index (χ0) is 17.3. The van der Waals surface area contributed by atoms with Crippen molar-refractivity contribution in [2.45, 2.75) is 52.5 Å². The van der Waals surface area contributed by atoms with Gasteiger partial charge in [-0.15, -0.1) is 0 Å². The first-order chi connectivity index (χ1) is 11.5. The molecule has 1 atom stereocenters. The highest BCUT2D eigenvalue weighted by molar-refractivity contribution is 5.81. The summed E-state index contributed by atoms with van der Waals surface area (Å²) in [4.78, 5) is 28.4. The molecule has 2 aliphatic heterocycles. The number of hydrogen-bond acceptors (Lipinski definition) is 2. The van der Waals surface area contributed by atoms with Crippen LogP contribution in [-0.4, -0.2) is 41.2 Å². The predicted octanol–water partition coefficient (Wildman–Crippen LogP) is 2.95. The monoisotopic (exact) mass is 328 g/mol. The fraction of sp³-hybridized carbons (Fsp3) is 0.600. The molecule has 2 heterocycles. The van der Waals surface area contributed by atoms with Crippen molar-refractivity contribution in [3.8, 4) is 0 Å². The topological polar surface area (TPSA) is 40.6 Å². The van der Waals surface area contributed by atoms with Crippen LogP contribution in [0.25, 0.3) is 0 Å². The summed E-state index contributed by atoms with van der Waals surface area (Å²) in [6.45, 7) is 8.94. The largest absolute Gasteiger partial charge is 0.342 e. The Morgan fingerprint density at radius 2 is 1.96 bits per heavy atom. The van der Waals surface area contributed by atoms with Gasteiger partial charge in [-0.25, -0.2) is 0 Å². The average molecular weight is 328 g/mol. The molecule has 3 rings (SSSR count). The van der Waals surface area contributed by atoms with Crippen LogP contribution in [0.5, 0.6) is 0 Å². The molecule has 0 bridgehead atoms. The summed E-state index contributed by atoms with van der Waals surface area (Å²) in [5.41, 5.74) is 4.14. The molecule has 1 aromatic rings. The minimum Gasteiger partial charge on any atom is -0.342 e. The maximum Gasteiger partial charge on any atom is 0.227 e. The highest BCUT2D eigenvalue weighted by Gasteiger charge is 2.32. The molecular formula is C20H28N2O2. The molecule has 0 spiro atoms. The maximum atomic E-state index is 12.9. The van der Waals surface area contributed by atoms with Crippen LogP contribution in [0.15, 0.2) is 18.2 Å². The minimum atomic E-state index is -0.0301. The molecule has 0 unspecified atom stereocenters. The van der Waals surface area contributed by atoms with Crippen LogP contribution in [-0.2, 0) is 22.6 Å². The van der Waals surface area contributed by atoms with Gasteiger partial charge in [0.25, 0.3) is 0 Å². The van der Waals surface area contributed by atoms with E-state index >= 15 is 0 Å². The van der Waals surface area contributed by atoms with Crippen LogP contribution in [0.3, 0.4) is 0 Å². The van der Waals surface area contributed by atoms with Gasteiger partial charge >= 0.3 is 0 Å². The Morgan fingerprint density at radius 1 is 1.17 bits per heavy atom. The second-order valence-corrected chi connectivity index (χ2v) is 7.45. The van der Waals surface area contributed by atoms with Crippen molar-refractivity contribution in [3.05, 3.63) is 34.9 Å². The van der Waals surface area contributed by atoms with Gasteiger partial charge in [-0.1, -0.05) is 32.0 Å². The van der Waals surface area contributed by atoms with Gasteiger partial charge in [-0.05, 0) is 41.9 Å². The fourth-order valence-electron chi connectivity index (χ4n) is 4.09. The standard InChI is InChI=1S/C20H28N2O2/c1-14(2)18-8-4-6-16-12-22(11-9-19(16)18)20(24)17-7-5-10-21(13-17)15(3)23/h4,6,8,14,17H,5,7,9-13H2,1-3H3/t17-/m0/s1. The van der Waals surface area contributed by atoms with E-state index in [1.807, 2.05) is 9.80 Å². The summed E-state index contributed by atoms with van der Waals surface area (Å²) in [6, 6.07) is 6.48. The van der Waals surface area contributed by atoms with Crippen molar-refractivity contribution in [2.24, 2.45) is 5.92 Å². The van der Waals surface area contributed by atoms with Crippen LogP contribution in [0.4, 0.5) is 0 Å². The fourth-order valence-corrected chi connectivity index (χ4v) is 4.09. The van der Waals surface area contributed by atoms with Gasteiger partial charge in [0.05, 0.1) is 5.92 Å². The van der Waals surface area contributed by atoms with Crippen LogP contribution < -0.4 is 0 Å². The van der Waals surface area contributed by atoms with E-state index in [-0.39, 0.29) is 17.7 Å². The lowest BCUT2D eigenvalue weighted by Gasteiger charge is -2.37. The van der Waals surface area contributed by atoms with E-state index in [0.29, 0.717) is 19.0 Å². The number of likely N-dealkylation sites (tertiary alicyclic amines) is 1. The zero-order valence-electron chi connectivity index (χ0n) is 15.0.